The highest BCUT2D eigenvalue weighted by atomic mass is 15.3. The molecule has 0 radical (unpaired) electrons. The highest BCUT2D eigenvalue weighted by Crippen LogP contribution is 2.43. The fourth-order valence-corrected chi connectivity index (χ4v) is 2.02. The van der Waals surface area contributed by atoms with E-state index >= 15 is 0 Å². The molecule has 1 fully saturated rings. The van der Waals surface area contributed by atoms with Crippen LogP contribution in [0.3, 0.4) is 0 Å². The Labute approximate surface area is 99.3 Å². The summed E-state index contributed by atoms with van der Waals surface area (Å²) in [4.78, 5) is 0. The SMILES string of the molecule is N#Cc1ccc(-n2ncc(N)c2C2CC2)cc1. The molecule has 1 aliphatic rings. The molecule has 0 bridgehead atoms. The van der Waals surface area contributed by atoms with Gasteiger partial charge in [-0.15, -0.1) is 0 Å². The van der Waals surface area contributed by atoms with Crippen molar-refractivity contribution >= 4 is 5.69 Å². The van der Waals surface area contributed by atoms with Crippen LogP contribution in [0, 0.1) is 11.3 Å². The topological polar surface area (TPSA) is 67.6 Å². The third-order valence-electron chi connectivity index (χ3n) is 3.04. The summed E-state index contributed by atoms with van der Waals surface area (Å²) in [6.07, 6.45) is 4.07. The quantitative estimate of drug-likeness (QED) is 0.850. The highest BCUT2D eigenvalue weighted by molar-refractivity contribution is 5.50. The molecule has 2 N–H and O–H groups in total. The van der Waals surface area contributed by atoms with Crippen LogP contribution in [-0.4, -0.2) is 9.78 Å². The van der Waals surface area contributed by atoms with E-state index in [9.17, 15) is 0 Å². The number of nitrogens with zero attached hydrogens (tertiary/aromatic N) is 3. The molecule has 1 heterocycles. The van der Waals surface area contributed by atoms with Crippen LogP contribution in [0.25, 0.3) is 5.69 Å². The number of nitrogen functional groups attached to an aromatic ring is 1. The molecule has 4 nitrogen and oxygen atoms in total. The summed E-state index contributed by atoms with van der Waals surface area (Å²) in [5.41, 5.74) is 9.42. The van der Waals surface area contributed by atoms with E-state index in [1.807, 2.05) is 16.8 Å². The number of hydrogen-bond donors (Lipinski definition) is 1. The lowest BCUT2D eigenvalue weighted by atomic mass is 10.2. The number of nitriles is 1. The molecule has 4 heteroatoms. The Kier molecular flexibility index (Phi) is 2.12. The second-order valence-electron chi connectivity index (χ2n) is 4.33. The van der Waals surface area contributed by atoms with Crippen LogP contribution in [0.15, 0.2) is 30.5 Å². The molecular formula is C13H12N4. The molecule has 1 aromatic carbocycles. The summed E-state index contributed by atoms with van der Waals surface area (Å²) in [5.74, 6) is 0.549. The third kappa shape index (κ3) is 1.66. The van der Waals surface area contributed by atoms with E-state index in [-0.39, 0.29) is 0 Å². The maximum absolute atomic E-state index is 8.76. The zero-order chi connectivity index (χ0) is 11.8. The van der Waals surface area contributed by atoms with Crippen molar-refractivity contribution in [2.24, 2.45) is 0 Å². The van der Waals surface area contributed by atoms with Crippen molar-refractivity contribution in [3.8, 4) is 11.8 Å². The summed E-state index contributed by atoms with van der Waals surface area (Å²) < 4.78 is 1.88. The van der Waals surface area contributed by atoms with Crippen LogP contribution in [0.1, 0.15) is 30.0 Å². The van der Waals surface area contributed by atoms with Crippen molar-refractivity contribution in [1.82, 2.24) is 9.78 Å². The van der Waals surface area contributed by atoms with Crippen molar-refractivity contribution in [3.63, 3.8) is 0 Å². The average molecular weight is 224 g/mol. The molecule has 0 amide bonds. The lowest BCUT2D eigenvalue weighted by Crippen LogP contribution is -2.02. The minimum Gasteiger partial charge on any atom is -0.396 e. The summed E-state index contributed by atoms with van der Waals surface area (Å²) in [7, 11) is 0. The van der Waals surface area contributed by atoms with Crippen LogP contribution in [0.2, 0.25) is 0 Å². The van der Waals surface area contributed by atoms with Crippen molar-refractivity contribution in [2.75, 3.05) is 5.73 Å². The zero-order valence-electron chi connectivity index (χ0n) is 9.30. The van der Waals surface area contributed by atoms with E-state index in [4.69, 9.17) is 11.0 Å². The Morgan fingerprint density at radius 3 is 2.59 bits per heavy atom. The number of hydrogen-bond acceptors (Lipinski definition) is 3. The molecular weight excluding hydrogens is 212 g/mol. The Hall–Kier alpha value is -2.28. The first-order chi connectivity index (χ1) is 8.29. The summed E-state index contributed by atoms with van der Waals surface area (Å²) in [6, 6.07) is 9.50. The Morgan fingerprint density at radius 1 is 1.29 bits per heavy atom. The molecule has 17 heavy (non-hydrogen) atoms. The molecule has 2 aromatic rings. The van der Waals surface area contributed by atoms with Crippen LogP contribution in [0.4, 0.5) is 5.69 Å². The van der Waals surface area contributed by atoms with Crippen molar-refractivity contribution in [2.45, 2.75) is 18.8 Å². The minimum atomic E-state index is 0.549. The molecule has 0 aliphatic heterocycles. The predicted molar refractivity (Wildman–Crippen MR) is 64.7 cm³/mol. The first-order valence-electron chi connectivity index (χ1n) is 5.63. The largest absolute Gasteiger partial charge is 0.396 e. The maximum Gasteiger partial charge on any atom is 0.0991 e. The van der Waals surface area contributed by atoms with Gasteiger partial charge in [0, 0.05) is 5.92 Å². The first-order valence-corrected chi connectivity index (χ1v) is 5.63. The minimum absolute atomic E-state index is 0.549. The van der Waals surface area contributed by atoms with E-state index in [0.29, 0.717) is 11.5 Å². The first kappa shape index (κ1) is 9.91. The average Bonchev–Trinajstić information content (AvgIpc) is 3.13. The lowest BCUT2D eigenvalue weighted by molar-refractivity contribution is 0.809. The van der Waals surface area contributed by atoms with Gasteiger partial charge in [0.1, 0.15) is 0 Å². The Bertz CT molecular complexity index is 585. The number of benzene rings is 1. The van der Waals surface area contributed by atoms with E-state index in [0.717, 1.165) is 17.1 Å². The van der Waals surface area contributed by atoms with Gasteiger partial charge in [-0.3, -0.25) is 0 Å². The van der Waals surface area contributed by atoms with Crippen molar-refractivity contribution < 1.29 is 0 Å². The van der Waals surface area contributed by atoms with Gasteiger partial charge in [0.2, 0.25) is 0 Å². The van der Waals surface area contributed by atoms with Gasteiger partial charge < -0.3 is 5.73 Å². The smallest absolute Gasteiger partial charge is 0.0991 e. The fraction of sp³-hybridized carbons (Fsp3) is 0.231. The van der Waals surface area contributed by atoms with Gasteiger partial charge in [0.25, 0.3) is 0 Å². The van der Waals surface area contributed by atoms with Gasteiger partial charge in [-0.1, -0.05) is 0 Å². The van der Waals surface area contributed by atoms with E-state index in [1.165, 1.54) is 12.8 Å². The molecule has 84 valence electrons. The molecule has 0 spiro atoms. The van der Waals surface area contributed by atoms with Gasteiger partial charge in [-0.05, 0) is 37.1 Å². The van der Waals surface area contributed by atoms with E-state index in [1.54, 1.807) is 18.3 Å². The highest BCUT2D eigenvalue weighted by Gasteiger charge is 2.29. The van der Waals surface area contributed by atoms with Crippen LogP contribution >= 0.6 is 0 Å². The summed E-state index contributed by atoms with van der Waals surface area (Å²) in [6.45, 7) is 0. The molecule has 1 aromatic heterocycles. The fourth-order valence-electron chi connectivity index (χ4n) is 2.02. The second-order valence-corrected chi connectivity index (χ2v) is 4.33. The number of rotatable bonds is 2. The monoisotopic (exact) mass is 224 g/mol. The number of aromatic nitrogens is 2. The molecule has 0 atom stereocenters. The van der Waals surface area contributed by atoms with Gasteiger partial charge in [0.05, 0.1) is 34.9 Å². The third-order valence-corrected chi connectivity index (χ3v) is 3.04. The Balaban J connectivity index is 2.05. The number of anilines is 1. The second kappa shape index (κ2) is 3.63. The predicted octanol–water partition coefficient (Wildman–Crippen LogP) is 2.20. The van der Waals surface area contributed by atoms with Crippen molar-refractivity contribution in [3.05, 3.63) is 41.7 Å². The van der Waals surface area contributed by atoms with E-state index < -0.39 is 0 Å². The van der Waals surface area contributed by atoms with Gasteiger partial charge in [0.15, 0.2) is 0 Å². The molecule has 0 unspecified atom stereocenters. The van der Waals surface area contributed by atoms with Crippen molar-refractivity contribution in [1.29, 1.82) is 5.26 Å². The standard InChI is InChI=1S/C13H12N4/c14-7-9-1-5-11(6-2-9)17-13(10-3-4-10)12(15)8-16-17/h1-2,5-6,8,10H,3-4,15H2. The summed E-state index contributed by atoms with van der Waals surface area (Å²) in [5, 5.41) is 13.1. The van der Waals surface area contributed by atoms with Crippen LogP contribution < -0.4 is 5.73 Å². The molecule has 1 aliphatic carbocycles. The van der Waals surface area contributed by atoms with E-state index in [2.05, 4.69) is 11.2 Å². The van der Waals surface area contributed by atoms with Gasteiger partial charge >= 0.3 is 0 Å². The maximum atomic E-state index is 8.76. The Morgan fingerprint density at radius 2 is 2.00 bits per heavy atom. The van der Waals surface area contributed by atoms with Crippen LogP contribution in [0.5, 0.6) is 0 Å². The molecule has 1 saturated carbocycles. The lowest BCUT2D eigenvalue weighted by Gasteiger charge is -2.07. The molecule has 0 saturated heterocycles. The van der Waals surface area contributed by atoms with Gasteiger partial charge in [-0.25, -0.2) is 4.68 Å². The summed E-state index contributed by atoms with van der Waals surface area (Å²) >= 11 is 0. The number of nitrogens with two attached hydrogens (primary N) is 1. The molecule has 3 rings (SSSR count). The zero-order valence-corrected chi connectivity index (χ0v) is 9.30. The normalized spacial score (nSPS) is 14.5. The van der Waals surface area contributed by atoms with Gasteiger partial charge in [-0.2, -0.15) is 10.4 Å². The van der Waals surface area contributed by atoms with Crippen LogP contribution in [-0.2, 0) is 0 Å².